The van der Waals surface area contributed by atoms with Crippen molar-refractivity contribution in [3.63, 3.8) is 0 Å². The number of hydrogen-bond acceptors (Lipinski definition) is 6. The zero-order valence-electron chi connectivity index (χ0n) is 14.1. The Morgan fingerprint density at radius 3 is 1.96 bits per heavy atom. The van der Waals surface area contributed by atoms with E-state index in [0.717, 1.165) is 18.1 Å². The summed E-state index contributed by atoms with van der Waals surface area (Å²) < 4.78 is 26.8. The first-order valence-electron chi connectivity index (χ1n) is 8.15. The van der Waals surface area contributed by atoms with Crippen LogP contribution in [0.1, 0.15) is 0 Å². The van der Waals surface area contributed by atoms with Crippen molar-refractivity contribution in [3.05, 3.63) is 48.5 Å². The van der Waals surface area contributed by atoms with Gasteiger partial charge in [0.1, 0.15) is 48.4 Å². The maximum atomic E-state index is 9.56. The summed E-state index contributed by atoms with van der Waals surface area (Å²) in [5, 5.41) is 9.56. The topological polar surface area (TPSA) is 69.7 Å². The molecule has 0 spiro atoms. The lowest BCUT2D eigenvalue weighted by atomic mass is 10.3. The predicted octanol–water partition coefficient (Wildman–Crippen LogP) is 2.64. The lowest BCUT2D eigenvalue weighted by Crippen LogP contribution is -2.22. The van der Waals surface area contributed by atoms with Gasteiger partial charge in [-0.3, -0.25) is 0 Å². The van der Waals surface area contributed by atoms with E-state index in [2.05, 4.69) is 0 Å². The Labute approximate surface area is 146 Å². The zero-order chi connectivity index (χ0) is 17.5. The summed E-state index contributed by atoms with van der Waals surface area (Å²) in [7, 11) is 1.54. The van der Waals surface area contributed by atoms with E-state index in [1.165, 1.54) is 7.11 Å². The number of aliphatic hydroxyl groups is 1. The van der Waals surface area contributed by atoms with Crippen LogP contribution in [0.5, 0.6) is 23.0 Å². The van der Waals surface area contributed by atoms with Gasteiger partial charge in [0.2, 0.25) is 0 Å². The van der Waals surface area contributed by atoms with Crippen LogP contribution in [0.25, 0.3) is 0 Å². The van der Waals surface area contributed by atoms with E-state index in [0.29, 0.717) is 18.1 Å². The van der Waals surface area contributed by atoms with Crippen molar-refractivity contribution < 1.29 is 28.8 Å². The molecule has 0 aliphatic carbocycles. The molecule has 1 heterocycles. The van der Waals surface area contributed by atoms with E-state index in [-0.39, 0.29) is 19.3 Å². The quantitative estimate of drug-likeness (QED) is 0.667. The average molecular weight is 346 g/mol. The van der Waals surface area contributed by atoms with Crippen molar-refractivity contribution in [2.24, 2.45) is 0 Å². The molecule has 2 aromatic rings. The summed E-state index contributed by atoms with van der Waals surface area (Å²) in [4.78, 5) is 0. The summed E-state index contributed by atoms with van der Waals surface area (Å²) in [5.74, 6) is 2.87. The third kappa shape index (κ3) is 5.94. The van der Waals surface area contributed by atoms with Gasteiger partial charge in [-0.2, -0.15) is 0 Å². The fourth-order valence-electron chi connectivity index (χ4n) is 2.13. The van der Waals surface area contributed by atoms with Crippen molar-refractivity contribution in [1.29, 1.82) is 0 Å². The highest BCUT2D eigenvalue weighted by Gasteiger charge is 2.22. The van der Waals surface area contributed by atoms with E-state index >= 15 is 0 Å². The maximum absolute atomic E-state index is 9.56. The third-order valence-corrected chi connectivity index (χ3v) is 3.52. The summed E-state index contributed by atoms with van der Waals surface area (Å²) in [6.45, 7) is 1.79. The first-order valence-corrected chi connectivity index (χ1v) is 8.15. The molecule has 0 amide bonds. The molecule has 25 heavy (non-hydrogen) atoms. The van der Waals surface area contributed by atoms with E-state index in [4.69, 9.17) is 23.7 Å². The molecular weight excluding hydrogens is 324 g/mol. The Morgan fingerprint density at radius 2 is 1.44 bits per heavy atom. The Balaban J connectivity index is 1.47. The molecule has 0 aromatic heterocycles. The zero-order valence-corrected chi connectivity index (χ0v) is 14.1. The molecule has 0 radical (unpaired) electrons. The molecule has 2 unspecified atom stereocenters. The number of benzene rings is 2. The van der Waals surface area contributed by atoms with Crippen LogP contribution < -0.4 is 14.2 Å². The monoisotopic (exact) mass is 346 g/mol. The van der Waals surface area contributed by atoms with Gasteiger partial charge in [-0.05, 0) is 48.5 Å². The number of methoxy groups -OCH3 is 1. The van der Waals surface area contributed by atoms with Crippen LogP contribution >= 0.6 is 0 Å². The van der Waals surface area contributed by atoms with Crippen LogP contribution in [0, 0.1) is 0 Å². The molecule has 6 heteroatoms. The molecule has 1 aliphatic heterocycles. The summed E-state index contributed by atoms with van der Waals surface area (Å²) in [6.07, 6.45) is -0.402. The average Bonchev–Trinajstić information content (AvgIpc) is 3.45. The highest BCUT2D eigenvalue weighted by molar-refractivity contribution is 5.37. The SMILES string of the molecule is COCC(O)COc1ccc(Oc2ccc(OCC3CO3)cc2)cc1. The third-order valence-electron chi connectivity index (χ3n) is 3.52. The van der Waals surface area contributed by atoms with E-state index in [9.17, 15) is 5.11 Å². The number of hydrogen-bond donors (Lipinski definition) is 1. The molecule has 1 aliphatic rings. The highest BCUT2D eigenvalue weighted by Crippen LogP contribution is 2.26. The predicted molar refractivity (Wildman–Crippen MR) is 91.6 cm³/mol. The van der Waals surface area contributed by atoms with Crippen LogP contribution in [0.15, 0.2) is 48.5 Å². The van der Waals surface area contributed by atoms with Crippen LogP contribution in [0.3, 0.4) is 0 Å². The Bertz CT molecular complexity index is 636. The van der Waals surface area contributed by atoms with Gasteiger partial charge in [0.25, 0.3) is 0 Å². The van der Waals surface area contributed by atoms with E-state index in [1.807, 2.05) is 36.4 Å². The molecule has 3 rings (SSSR count). The second kappa shape index (κ2) is 8.71. The second-order valence-corrected chi connectivity index (χ2v) is 5.73. The largest absolute Gasteiger partial charge is 0.491 e. The molecule has 1 saturated heterocycles. The fraction of sp³-hybridized carbons (Fsp3) is 0.368. The fourth-order valence-corrected chi connectivity index (χ4v) is 2.13. The van der Waals surface area contributed by atoms with Crippen LogP contribution in [-0.2, 0) is 9.47 Å². The summed E-state index contributed by atoms with van der Waals surface area (Å²) in [5.41, 5.74) is 0. The van der Waals surface area contributed by atoms with Crippen molar-refractivity contribution in [1.82, 2.24) is 0 Å². The Hall–Kier alpha value is -2.28. The lowest BCUT2D eigenvalue weighted by molar-refractivity contribution is 0.0325. The normalized spacial score (nSPS) is 17.0. The standard InChI is InChI=1S/C19H22O6/c1-21-10-14(20)11-22-15-2-6-17(7-3-15)25-18-8-4-16(5-9-18)23-12-19-13-24-19/h2-9,14,19-20H,10-13H2,1H3. The van der Waals surface area contributed by atoms with Gasteiger partial charge in [-0.25, -0.2) is 0 Å². The molecule has 0 saturated carbocycles. The number of epoxide rings is 1. The second-order valence-electron chi connectivity index (χ2n) is 5.73. The van der Waals surface area contributed by atoms with Crippen molar-refractivity contribution in [2.45, 2.75) is 12.2 Å². The van der Waals surface area contributed by atoms with Crippen molar-refractivity contribution in [3.8, 4) is 23.0 Å². The van der Waals surface area contributed by atoms with Gasteiger partial charge < -0.3 is 28.8 Å². The van der Waals surface area contributed by atoms with Gasteiger partial charge in [-0.1, -0.05) is 0 Å². The van der Waals surface area contributed by atoms with Gasteiger partial charge in [-0.15, -0.1) is 0 Å². The summed E-state index contributed by atoms with van der Waals surface area (Å²) >= 11 is 0. The highest BCUT2D eigenvalue weighted by atomic mass is 16.6. The molecule has 1 fully saturated rings. The lowest BCUT2D eigenvalue weighted by Gasteiger charge is -2.12. The minimum absolute atomic E-state index is 0.182. The molecule has 2 atom stereocenters. The van der Waals surface area contributed by atoms with E-state index < -0.39 is 6.10 Å². The van der Waals surface area contributed by atoms with Gasteiger partial charge in [0, 0.05) is 7.11 Å². The summed E-state index contributed by atoms with van der Waals surface area (Å²) in [6, 6.07) is 14.7. The van der Waals surface area contributed by atoms with E-state index in [1.54, 1.807) is 12.1 Å². The minimum atomic E-state index is -0.645. The molecule has 1 N–H and O–H groups in total. The molecular formula is C19H22O6. The molecule has 2 aromatic carbocycles. The Morgan fingerprint density at radius 1 is 0.920 bits per heavy atom. The van der Waals surface area contributed by atoms with Crippen LogP contribution in [0.2, 0.25) is 0 Å². The molecule has 6 nitrogen and oxygen atoms in total. The first-order chi connectivity index (χ1) is 12.2. The number of aliphatic hydroxyl groups excluding tert-OH is 1. The molecule has 134 valence electrons. The van der Waals surface area contributed by atoms with Gasteiger partial charge in [0.05, 0.1) is 13.2 Å². The number of rotatable bonds is 10. The van der Waals surface area contributed by atoms with Crippen molar-refractivity contribution >= 4 is 0 Å². The Kier molecular flexibility index (Phi) is 6.11. The van der Waals surface area contributed by atoms with Crippen molar-refractivity contribution in [2.75, 3.05) is 33.5 Å². The number of ether oxygens (including phenoxy) is 5. The first kappa shape index (κ1) is 17.5. The maximum Gasteiger partial charge on any atom is 0.127 e. The van der Waals surface area contributed by atoms with Gasteiger partial charge >= 0.3 is 0 Å². The van der Waals surface area contributed by atoms with Crippen LogP contribution in [-0.4, -0.2) is 50.9 Å². The smallest absolute Gasteiger partial charge is 0.127 e. The minimum Gasteiger partial charge on any atom is -0.491 e. The van der Waals surface area contributed by atoms with Gasteiger partial charge in [0.15, 0.2) is 0 Å². The molecule has 0 bridgehead atoms. The van der Waals surface area contributed by atoms with Crippen LogP contribution in [0.4, 0.5) is 0 Å².